The molecule has 1 N–H and O–H groups in total. The van der Waals surface area contributed by atoms with Gasteiger partial charge in [0, 0.05) is 5.56 Å². The fourth-order valence-corrected chi connectivity index (χ4v) is 3.36. The number of carbonyl (C=O) groups excluding carboxylic acids is 1. The van der Waals surface area contributed by atoms with Gasteiger partial charge in [0.15, 0.2) is 5.78 Å². The lowest BCUT2D eigenvalue weighted by Gasteiger charge is -2.36. The van der Waals surface area contributed by atoms with Crippen molar-refractivity contribution in [3.63, 3.8) is 0 Å². The van der Waals surface area contributed by atoms with Crippen molar-refractivity contribution in [3.8, 4) is 5.75 Å². The molecule has 2 rings (SSSR count). The van der Waals surface area contributed by atoms with Gasteiger partial charge in [-0.3, -0.25) is 9.59 Å². The maximum Gasteiger partial charge on any atom is 0.316 e. The lowest BCUT2D eigenvalue weighted by molar-refractivity contribution is -0.144. The first-order valence-electron chi connectivity index (χ1n) is 8.77. The summed E-state index contributed by atoms with van der Waals surface area (Å²) in [5.41, 5.74) is -1.04. The molecular formula is C21H28O4Si. The summed E-state index contributed by atoms with van der Waals surface area (Å²) in [6, 6.07) is 11.1. The Morgan fingerprint density at radius 1 is 0.923 bits per heavy atom. The van der Waals surface area contributed by atoms with Gasteiger partial charge < -0.3 is 9.53 Å². The summed E-state index contributed by atoms with van der Waals surface area (Å²) in [5.74, 6) is -0.691. The molecule has 0 aliphatic rings. The summed E-state index contributed by atoms with van der Waals surface area (Å²) in [6.45, 7) is 13.9. The van der Waals surface area contributed by atoms with Crippen molar-refractivity contribution in [2.24, 2.45) is 5.41 Å². The maximum absolute atomic E-state index is 12.5. The van der Waals surface area contributed by atoms with E-state index < -0.39 is 25.5 Å². The Morgan fingerprint density at radius 3 is 2.00 bits per heavy atom. The van der Waals surface area contributed by atoms with E-state index in [2.05, 4.69) is 33.9 Å². The van der Waals surface area contributed by atoms with Crippen LogP contribution in [-0.2, 0) is 4.79 Å². The van der Waals surface area contributed by atoms with Crippen molar-refractivity contribution in [2.75, 3.05) is 0 Å². The van der Waals surface area contributed by atoms with Crippen LogP contribution in [0.1, 0.15) is 45.0 Å². The van der Waals surface area contributed by atoms with Gasteiger partial charge in [0.2, 0.25) is 8.32 Å². The summed E-state index contributed by atoms with van der Waals surface area (Å²) < 4.78 is 6.33. The Bertz CT molecular complexity index is 860. The number of aliphatic carboxylic acids is 1. The summed E-state index contributed by atoms with van der Waals surface area (Å²) in [5, 5.41) is 11.2. The van der Waals surface area contributed by atoms with Crippen molar-refractivity contribution < 1.29 is 19.1 Å². The zero-order valence-corrected chi connectivity index (χ0v) is 17.6. The van der Waals surface area contributed by atoms with Gasteiger partial charge >= 0.3 is 5.97 Å². The number of hydrogen-bond acceptors (Lipinski definition) is 3. The topological polar surface area (TPSA) is 63.6 Å². The molecule has 0 spiro atoms. The number of carbonyl (C=O) groups is 2. The van der Waals surface area contributed by atoms with Gasteiger partial charge in [0.05, 0.1) is 0 Å². The van der Waals surface area contributed by atoms with Crippen molar-refractivity contribution in [1.29, 1.82) is 0 Å². The van der Waals surface area contributed by atoms with Crippen molar-refractivity contribution >= 4 is 30.8 Å². The van der Waals surface area contributed by atoms with Gasteiger partial charge in [-0.25, -0.2) is 0 Å². The molecule has 0 saturated heterocycles. The number of ketones is 1. The van der Waals surface area contributed by atoms with Crippen LogP contribution in [0.3, 0.4) is 0 Å². The summed E-state index contributed by atoms with van der Waals surface area (Å²) >= 11 is 0. The van der Waals surface area contributed by atoms with E-state index in [1.165, 1.54) is 13.8 Å². The molecule has 0 saturated carbocycles. The van der Waals surface area contributed by atoms with Crippen LogP contribution < -0.4 is 4.43 Å². The molecule has 5 heteroatoms. The van der Waals surface area contributed by atoms with Gasteiger partial charge in [-0.05, 0) is 61.0 Å². The van der Waals surface area contributed by atoms with Crippen LogP contribution in [0.5, 0.6) is 5.75 Å². The van der Waals surface area contributed by atoms with Crippen LogP contribution in [0.15, 0.2) is 36.4 Å². The summed E-state index contributed by atoms with van der Waals surface area (Å²) in [7, 11) is -1.92. The van der Waals surface area contributed by atoms with E-state index in [9.17, 15) is 14.7 Å². The minimum Gasteiger partial charge on any atom is -0.543 e. The van der Waals surface area contributed by atoms with Crippen molar-refractivity contribution in [2.45, 2.75) is 52.8 Å². The highest BCUT2D eigenvalue weighted by Gasteiger charge is 2.39. The van der Waals surface area contributed by atoms with E-state index in [1.54, 1.807) is 12.1 Å². The average Bonchev–Trinajstić information content (AvgIpc) is 2.52. The molecule has 26 heavy (non-hydrogen) atoms. The van der Waals surface area contributed by atoms with Crippen molar-refractivity contribution in [1.82, 2.24) is 0 Å². The van der Waals surface area contributed by atoms with Crippen LogP contribution in [0.25, 0.3) is 10.8 Å². The lowest BCUT2D eigenvalue weighted by Crippen LogP contribution is -2.43. The zero-order chi connectivity index (χ0) is 19.9. The Labute approximate surface area is 156 Å². The molecule has 4 nitrogen and oxygen atoms in total. The van der Waals surface area contributed by atoms with Crippen molar-refractivity contribution in [3.05, 3.63) is 42.0 Å². The Balaban J connectivity index is 2.37. The molecule has 0 fully saturated rings. The SMILES string of the molecule is CC(C)(C(=O)O)C(=O)c1ccc2cc(O[Si](C)(C)C(C)(C)C)ccc2c1. The molecular weight excluding hydrogens is 344 g/mol. The van der Waals surface area contributed by atoms with Crippen LogP contribution in [0.4, 0.5) is 0 Å². The van der Waals surface area contributed by atoms with E-state index in [0.29, 0.717) is 5.56 Å². The minimum atomic E-state index is -1.92. The molecule has 0 unspecified atom stereocenters. The highest BCUT2D eigenvalue weighted by molar-refractivity contribution is 6.74. The zero-order valence-electron chi connectivity index (χ0n) is 16.6. The predicted octanol–water partition coefficient (Wildman–Crippen LogP) is 5.52. The second kappa shape index (κ2) is 6.54. The monoisotopic (exact) mass is 372 g/mol. The first kappa shape index (κ1) is 20.2. The maximum atomic E-state index is 12.5. The molecule has 0 aliphatic carbocycles. The molecule has 0 heterocycles. The molecule has 2 aromatic rings. The van der Waals surface area contributed by atoms with Gasteiger partial charge in [-0.2, -0.15) is 0 Å². The molecule has 0 aliphatic heterocycles. The second-order valence-corrected chi connectivity index (χ2v) is 13.6. The quantitative estimate of drug-likeness (QED) is 0.426. The lowest BCUT2D eigenvalue weighted by atomic mass is 9.84. The molecule has 140 valence electrons. The van der Waals surface area contributed by atoms with E-state index in [4.69, 9.17) is 4.43 Å². The highest BCUT2D eigenvalue weighted by Crippen LogP contribution is 2.38. The third kappa shape index (κ3) is 3.83. The number of rotatable bonds is 5. The number of fused-ring (bicyclic) bond motifs is 1. The van der Waals surface area contributed by atoms with Gasteiger partial charge in [0.25, 0.3) is 0 Å². The van der Waals surface area contributed by atoms with Gasteiger partial charge in [0.1, 0.15) is 11.2 Å². The largest absolute Gasteiger partial charge is 0.543 e. The molecule has 0 atom stereocenters. The van der Waals surface area contributed by atoms with Gasteiger partial charge in [-0.15, -0.1) is 0 Å². The Morgan fingerprint density at radius 2 is 1.46 bits per heavy atom. The van der Waals surface area contributed by atoms with Crippen LogP contribution >= 0.6 is 0 Å². The standard InChI is InChI=1S/C21H28O4Si/c1-20(2,3)26(6,7)25-17-11-10-14-12-16(9-8-15(14)13-17)18(22)21(4,5)19(23)24/h8-13H,1-7H3,(H,23,24). The summed E-state index contributed by atoms with van der Waals surface area (Å²) in [6.07, 6.45) is 0. The van der Waals surface area contributed by atoms with Crippen LogP contribution in [0, 0.1) is 5.41 Å². The Kier molecular flexibility index (Phi) is 5.08. The van der Waals surface area contributed by atoms with Crippen LogP contribution in [0.2, 0.25) is 18.1 Å². The molecule has 0 amide bonds. The molecule has 0 radical (unpaired) electrons. The third-order valence-electron chi connectivity index (χ3n) is 5.36. The van der Waals surface area contributed by atoms with E-state index in [1.807, 2.05) is 24.3 Å². The number of Topliss-reactive ketones (excluding diaryl/α,β-unsaturated/α-hetero) is 1. The first-order valence-corrected chi connectivity index (χ1v) is 11.7. The highest BCUT2D eigenvalue weighted by atomic mass is 28.4. The van der Waals surface area contributed by atoms with Gasteiger partial charge in [-0.1, -0.05) is 39.0 Å². The van der Waals surface area contributed by atoms with E-state index in [0.717, 1.165) is 16.5 Å². The minimum absolute atomic E-state index is 0.112. The number of carboxylic acid groups (broad SMARTS) is 1. The number of benzene rings is 2. The fourth-order valence-electron chi connectivity index (χ4n) is 2.33. The third-order valence-corrected chi connectivity index (χ3v) is 9.71. The Hall–Kier alpha value is -2.14. The fraction of sp³-hybridized carbons (Fsp3) is 0.429. The molecule has 2 aromatic carbocycles. The van der Waals surface area contributed by atoms with Crippen LogP contribution in [-0.4, -0.2) is 25.2 Å². The molecule has 0 bridgehead atoms. The number of hydrogen-bond donors (Lipinski definition) is 1. The van der Waals surface area contributed by atoms with E-state index >= 15 is 0 Å². The second-order valence-electron chi connectivity index (χ2n) is 8.85. The smallest absolute Gasteiger partial charge is 0.316 e. The average molecular weight is 373 g/mol. The normalized spacial score (nSPS) is 12.9. The predicted molar refractivity (Wildman–Crippen MR) is 108 cm³/mol. The first-order chi connectivity index (χ1) is 11.8. The number of carboxylic acids is 1. The van der Waals surface area contributed by atoms with E-state index in [-0.39, 0.29) is 5.04 Å². The summed E-state index contributed by atoms with van der Waals surface area (Å²) in [4.78, 5) is 23.8. The molecule has 0 aromatic heterocycles.